The number of H-pyrrole nitrogens is 1. The largest absolute Gasteiger partial charge is 0.451 e. The van der Waals surface area contributed by atoms with E-state index in [-0.39, 0.29) is 25.2 Å². The molecule has 1 N–H and O–H groups in total. The number of aromatic amines is 1. The van der Waals surface area contributed by atoms with Crippen molar-refractivity contribution in [3.63, 3.8) is 0 Å². The number of Topliss-reactive ketones (excluding diaryl/α,β-unsaturated/α-hetero) is 1. The summed E-state index contributed by atoms with van der Waals surface area (Å²) in [4.78, 5) is 25.3. The van der Waals surface area contributed by atoms with Gasteiger partial charge in [-0.25, -0.2) is 4.98 Å². The summed E-state index contributed by atoms with van der Waals surface area (Å²) >= 11 is 6.07. The first kappa shape index (κ1) is 22.3. The van der Waals surface area contributed by atoms with Gasteiger partial charge in [-0.3, -0.25) is 4.79 Å². The zero-order valence-electron chi connectivity index (χ0n) is 16.3. The van der Waals surface area contributed by atoms with Crippen LogP contribution in [-0.4, -0.2) is 32.3 Å². The molecule has 0 bridgehead atoms. The third-order valence-corrected chi connectivity index (χ3v) is 5.32. The number of nitrogens with one attached hydrogen (secondary N) is 1. The zero-order chi connectivity index (χ0) is 23.4. The standard InChI is InChI=1S/C19H14ClF6N5O/c1-8(32)6-13-14-10(11-7-9(20)2-3-12(11)27-14)4-5-31(13)17-29-15(18(21,22)23)28-16(30-17)19(24,25)26/h2-3,7,13,27H,4-6H2,1H3. The fraction of sp³-hybridized carbons (Fsp3) is 0.368. The Kier molecular flexibility index (Phi) is 5.30. The first-order valence-electron chi connectivity index (χ1n) is 9.31. The van der Waals surface area contributed by atoms with Gasteiger partial charge in [0.1, 0.15) is 5.78 Å². The molecule has 0 fully saturated rings. The smallest absolute Gasteiger partial charge is 0.356 e. The Balaban J connectivity index is 1.88. The number of alkyl halides is 6. The summed E-state index contributed by atoms with van der Waals surface area (Å²) in [5.41, 5.74) is 1.95. The van der Waals surface area contributed by atoms with Crippen LogP contribution in [0.2, 0.25) is 5.02 Å². The molecule has 2 aromatic heterocycles. The normalized spacial score (nSPS) is 17.0. The second kappa shape index (κ2) is 7.61. The molecular weight excluding hydrogens is 464 g/mol. The number of carbonyl (C=O) groups excluding carboxylic acids is 1. The molecule has 1 aliphatic heterocycles. The highest BCUT2D eigenvalue weighted by atomic mass is 35.5. The van der Waals surface area contributed by atoms with Crippen molar-refractivity contribution in [2.24, 2.45) is 0 Å². The average molecular weight is 478 g/mol. The lowest BCUT2D eigenvalue weighted by Crippen LogP contribution is -2.38. The van der Waals surface area contributed by atoms with E-state index in [0.717, 1.165) is 10.9 Å². The van der Waals surface area contributed by atoms with Crippen molar-refractivity contribution < 1.29 is 31.1 Å². The van der Waals surface area contributed by atoms with Crippen molar-refractivity contribution in [2.45, 2.75) is 38.2 Å². The average Bonchev–Trinajstić information content (AvgIpc) is 3.04. The second-order valence-electron chi connectivity index (χ2n) is 7.35. The van der Waals surface area contributed by atoms with Gasteiger partial charge in [-0.15, -0.1) is 0 Å². The number of benzene rings is 1. The lowest BCUT2D eigenvalue weighted by atomic mass is 9.94. The number of carbonyl (C=O) groups is 1. The first-order chi connectivity index (χ1) is 14.8. The summed E-state index contributed by atoms with van der Waals surface area (Å²) in [7, 11) is 0. The van der Waals surface area contributed by atoms with Crippen LogP contribution in [0.25, 0.3) is 10.9 Å². The number of nitrogens with zero attached hydrogens (tertiary/aromatic N) is 4. The molecule has 3 aromatic rings. The molecule has 1 aromatic carbocycles. The second-order valence-corrected chi connectivity index (χ2v) is 7.79. The van der Waals surface area contributed by atoms with Crippen molar-refractivity contribution in [3.05, 3.63) is 46.1 Å². The molecular formula is C19H14ClF6N5O. The minimum absolute atomic E-state index is 0.0109. The minimum atomic E-state index is -5.22. The molecule has 0 amide bonds. The van der Waals surface area contributed by atoms with Gasteiger partial charge in [0.25, 0.3) is 0 Å². The van der Waals surface area contributed by atoms with Crippen molar-refractivity contribution >= 4 is 34.2 Å². The molecule has 170 valence electrons. The van der Waals surface area contributed by atoms with Gasteiger partial charge in [0.15, 0.2) is 0 Å². The maximum Gasteiger partial charge on any atom is 0.451 e. The molecule has 6 nitrogen and oxygen atoms in total. The van der Waals surface area contributed by atoms with Gasteiger partial charge in [0.05, 0.1) is 6.04 Å². The summed E-state index contributed by atoms with van der Waals surface area (Å²) in [5.74, 6) is -5.02. The van der Waals surface area contributed by atoms with Crippen LogP contribution >= 0.6 is 11.6 Å². The van der Waals surface area contributed by atoms with E-state index in [2.05, 4.69) is 19.9 Å². The first-order valence-corrected chi connectivity index (χ1v) is 9.69. The van der Waals surface area contributed by atoms with E-state index in [1.165, 1.54) is 11.8 Å². The van der Waals surface area contributed by atoms with Crippen LogP contribution in [0, 0.1) is 0 Å². The van der Waals surface area contributed by atoms with E-state index < -0.39 is 36.0 Å². The highest BCUT2D eigenvalue weighted by molar-refractivity contribution is 6.31. The van der Waals surface area contributed by atoms with Crippen LogP contribution < -0.4 is 4.90 Å². The van der Waals surface area contributed by atoms with Crippen molar-refractivity contribution in [2.75, 3.05) is 11.4 Å². The monoisotopic (exact) mass is 477 g/mol. The maximum absolute atomic E-state index is 13.2. The number of ketones is 1. The quantitative estimate of drug-likeness (QED) is 0.530. The number of rotatable bonds is 3. The predicted molar refractivity (Wildman–Crippen MR) is 102 cm³/mol. The van der Waals surface area contributed by atoms with Gasteiger partial charge in [-0.2, -0.15) is 36.3 Å². The fourth-order valence-electron chi connectivity index (χ4n) is 3.81. The van der Waals surface area contributed by atoms with E-state index in [1.54, 1.807) is 18.2 Å². The number of aromatic nitrogens is 4. The molecule has 0 saturated heterocycles. The predicted octanol–water partition coefficient (Wildman–Crippen LogP) is 5.13. The Morgan fingerprint density at radius 2 is 1.75 bits per heavy atom. The van der Waals surface area contributed by atoms with Crippen LogP contribution in [0.4, 0.5) is 32.3 Å². The Morgan fingerprint density at radius 3 is 2.31 bits per heavy atom. The van der Waals surface area contributed by atoms with Crippen LogP contribution in [0.1, 0.15) is 42.3 Å². The summed E-state index contributed by atoms with van der Waals surface area (Å²) in [6.07, 6.45) is -10.3. The van der Waals surface area contributed by atoms with E-state index in [0.29, 0.717) is 16.2 Å². The molecule has 0 saturated carbocycles. The molecule has 0 aliphatic carbocycles. The summed E-state index contributed by atoms with van der Waals surface area (Å²) in [6, 6.07) is 4.16. The molecule has 0 radical (unpaired) electrons. The molecule has 3 heterocycles. The van der Waals surface area contributed by atoms with Gasteiger partial charge < -0.3 is 9.88 Å². The molecule has 0 spiro atoms. The van der Waals surface area contributed by atoms with Gasteiger partial charge in [-0.05, 0) is 37.1 Å². The highest BCUT2D eigenvalue weighted by Crippen LogP contribution is 2.40. The van der Waals surface area contributed by atoms with E-state index >= 15 is 0 Å². The van der Waals surface area contributed by atoms with Crippen LogP contribution in [-0.2, 0) is 23.6 Å². The molecule has 1 atom stereocenters. The number of hydrogen-bond donors (Lipinski definition) is 1. The van der Waals surface area contributed by atoms with Gasteiger partial charge >= 0.3 is 12.4 Å². The van der Waals surface area contributed by atoms with Gasteiger partial charge in [-0.1, -0.05) is 11.6 Å². The number of halogens is 7. The summed E-state index contributed by atoms with van der Waals surface area (Å²) in [6.45, 7) is 1.27. The maximum atomic E-state index is 13.2. The van der Waals surface area contributed by atoms with E-state index in [1.807, 2.05) is 0 Å². The van der Waals surface area contributed by atoms with E-state index in [4.69, 9.17) is 11.6 Å². The third kappa shape index (κ3) is 4.10. The SMILES string of the molecule is CC(=O)CC1c2[nH]c3ccc(Cl)cc3c2CCN1c1nc(C(F)(F)F)nc(C(F)(F)F)n1. The molecule has 32 heavy (non-hydrogen) atoms. The van der Waals surface area contributed by atoms with Crippen LogP contribution in [0.3, 0.4) is 0 Å². The Bertz CT molecular complexity index is 1170. The number of anilines is 1. The van der Waals surface area contributed by atoms with Crippen molar-refractivity contribution in [1.82, 2.24) is 19.9 Å². The number of hydrogen-bond acceptors (Lipinski definition) is 5. The zero-order valence-corrected chi connectivity index (χ0v) is 17.0. The summed E-state index contributed by atoms with van der Waals surface area (Å²) < 4.78 is 79.3. The third-order valence-electron chi connectivity index (χ3n) is 5.08. The number of fused-ring (bicyclic) bond motifs is 3. The van der Waals surface area contributed by atoms with E-state index in [9.17, 15) is 31.1 Å². The topological polar surface area (TPSA) is 74.8 Å². The summed E-state index contributed by atoms with van der Waals surface area (Å²) in [5, 5.41) is 1.23. The Morgan fingerprint density at radius 1 is 1.12 bits per heavy atom. The van der Waals surface area contributed by atoms with Gasteiger partial charge in [0.2, 0.25) is 17.6 Å². The lowest BCUT2D eigenvalue weighted by Gasteiger charge is -2.35. The van der Waals surface area contributed by atoms with Crippen LogP contribution in [0.15, 0.2) is 18.2 Å². The molecule has 1 aliphatic rings. The Labute approximate surface area is 181 Å². The molecule has 13 heteroatoms. The van der Waals surface area contributed by atoms with Crippen LogP contribution in [0.5, 0.6) is 0 Å². The van der Waals surface area contributed by atoms with Crippen molar-refractivity contribution in [3.8, 4) is 0 Å². The highest BCUT2D eigenvalue weighted by Gasteiger charge is 2.43. The molecule has 4 rings (SSSR count). The minimum Gasteiger partial charge on any atom is -0.356 e. The fourth-order valence-corrected chi connectivity index (χ4v) is 3.98. The Hall–Kier alpha value is -2.89. The van der Waals surface area contributed by atoms with Gasteiger partial charge in [0, 0.05) is 34.6 Å². The lowest BCUT2D eigenvalue weighted by molar-refractivity contribution is -0.155. The molecule has 1 unspecified atom stereocenters. The van der Waals surface area contributed by atoms with Crippen molar-refractivity contribution in [1.29, 1.82) is 0 Å².